The summed E-state index contributed by atoms with van der Waals surface area (Å²) in [5.74, 6) is 1.78. The molecule has 0 amide bonds. The van der Waals surface area contributed by atoms with Gasteiger partial charge in [0.25, 0.3) is 6.71 Å². The van der Waals surface area contributed by atoms with E-state index in [1.54, 1.807) is 0 Å². The fraction of sp³-hybridized carbons (Fsp3) is 0. The molecule has 12 aromatic carbocycles. The summed E-state index contributed by atoms with van der Waals surface area (Å²) in [6.07, 6.45) is 0. The topological polar surface area (TPSA) is 45.2 Å². The monoisotopic (exact) mass is 1030 g/mol. The Morgan fingerprint density at radius 2 is 0.469 bits per heavy atom. The van der Waals surface area contributed by atoms with E-state index < -0.39 is 0 Å². The second-order valence-electron chi connectivity index (χ2n) is 20.8. The van der Waals surface area contributed by atoms with Crippen molar-refractivity contribution in [3.05, 3.63) is 303 Å². The predicted octanol–water partition coefficient (Wildman–Crippen LogP) is 17.3. The largest absolute Gasteiger partial charge is 0.311 e. The highest BCUT2D eigenvalue weighted by Crippen LogP contribution is 2.47. The number of aromatic nitrogens is 3. The van der Waals surface area contributed by atoms with Crippen molar-refractivity contribution in [2.75, 3.05) is 9.80 Å². The molecule has 0 atom stereocenters. The van der Waals surface area contributed by atoms with Crippen LogP contribution in [0.2, 0.25) is 0 Å². The van der Waals surface area contributed by atoms with Gasteiger partial charge in [0.1, 0.15) is 0 Å². The Morgan fingerprint density at radius 1 is 0.210 bits per heavy atom. The molecule has 0 fully saturated rings. The van der Waals surface area contributed by atoms with E-state index >= 15 is 0 Å². The molecule has 2 aliphatic rings. The lowest BCUT2D eigenvalue weighted by Gasteiger charge is -2.44. The van der Waals surface area contributed by atoms with E-state index in [2.05, 4.69) is 289 Å². The van der Waals surface area contributed by atoms with E-state index in [1.807, 2.05) is 24.3 Å². The van der Waals surface area contributed by atoms with E-state index in [4.69, 9.17) is 15.0 Å². The lowest BCUT2D eigenvalue weighted by molar-refractivity contribution is 1.07. The van der Waals surface area contributed by atoms with Crippen molar-refractivity contribution in [3.63, 3.8) is 0 Å². The van der Waals surface area contributed by atoms with Gasteiger partial charge in [-0.25, -0.2) is 15.0 Å². The predicted molar refractivity (Wildman–Crippen MR) is 337 cm³/mol. The molecule has 2 aliphatic heterocycles. The Bertz CT molecular complexity index is 4210. The highest BCUT2D eigenvalue weighted by atomic mass is 15.2. The van der Waals surface area contributed by atoms with Crippen molar-refractivity contribution < 1.29 is 0 Å². The maximum absolute atomic E-state index is 5.47. The van der Waals surface area contributed by atoms with Gasteiger partial charge < -0.3 is 9.80 Å². The van der Waals surface area contributed by atoms with Gasteiger partial charge in [-0.3, -0.25) is 0 Å². The molecular weight excluding hydrogens is 982 g/mol. The van der Waals surface area contributed by atoms with Crippen molar-refractivity contribution in [2.24, 2.45) is 0 Å². The van der Waals surface area contributed by atoms with Crippen LogP contribution in [-0.4, -0.2) is 21.7 Å². The van der Waals surface area contributed by atoms with Gasteiger partial charge in [0.15, 0.2) is 17.5 Å². The minimum atomic E-state index is -0.169. The van der Waals surface area contributed by atoms with Crippen LogP contribution in [0.1, 0.15) is 0 Å². The van der Waals surface area contributed by atoms with Gasteiger partial charge in [-0.1, -0.05) is 255 Å². The normalized spacial score (nSPS) is 12.1. The SMILES string of the molecule is c1ccc(-c2ccc(-c3nc(-c4ccccc4)nc(-c4cc5c6c(c4)N(c4ccc(-c7ccccc7)cc4)c4ccc(-c7ccccc7)cc4B6c4cc(-c6ccccc6)ccc4N5c4ccc(-c5ccccc5)cc4)n3)cc2)cc1. The highest BCUT2D eigenvalue weighted by Gasteiger charge is 2.44. The summed E-state index contributed by atoms with van der Waals surface area (Å²) in [7, 11) is 0. The Kier molecular flexibility index (Phi) is 11.9. The summed E-state index contributed by atoms with van der Waals surface area (Å²) >= 11 is 0. The van der Waals surface area contributed by atoms with Gasteiger partial charge in [0, 0.05) is 50.8 Å². The van der Waals surface area contributed by atoms with Crippen LogP contribution in [0.25, 0.3) is 89.8 Å². The van der Waals surface area contributed by atoms with Crippen molar-refractivity contribution >= 4 is 57.2 Å². The summed E-state index contributed by atoms with van der Waals surface area (Å²) in [6, 6.07) is 109. The molecule has 81 heavy (non-hydrogen) atoms. The van der Waals surface area contributed by atoms with Crippen molar-refractivity contribution in [1.29, 1.82) is 0 Å². The summed E-state index contributed by atoms with van der Waals surface area (Å²) in [5.41, 5.74) is 24.3. The molecule has 3 heterocycles. The zero-order valence-corrected chi connectivity index (χ0v) is 44.2. The molecule has 378 valence electrons. The lowest BCUT2D eigenvalue weighted by Crippen LogP contribution is -2.61. The van der Waals surface area contributed by atoms with E-state index in [1.165, 1.54) is 38.6 Å². The first kappa shape index (κ1) is 47.5. The third-order valence-corrected chi connectivity index (χ3v) is 15.9. The molecule has 0 spiro atoms. The maximum atomic E-state index is 5.47. The zero-order chi connectivity index (χ0) is 53.6. The van der Waals surface area contributed by atoms with Gasteiger partial charge >= 0.3 is 0 Å². The van der Waals surface area contributed by atoms with Crippen LogP contribution in [0.15, 0.2) is 303 Å². The maximum Gasteiger partial charge on any atom is 0.252 e. The number of fused-ring (bicyclic) bond motifs is 4. The van der Waals surface area contributed by atoms with E-state index in [-0.39, 0.29) is 6.71 Å². The summed E-state index contributed by atoms with van der Waals surface area (Å²) < 4.78 is 0. The van der Waals surface area contributed by atoms with Crippen LogP contribution in [0.5, 0.6) is 0 Å². The molecule has 13 aromatic rings. The van der Waals surface area contributed by atoms with E-state index in [0.29, 0.717) is 17.5 Å². The third-order valence-electron chi connectivity index (χ3n) is 15.9. The molecular formula is C75H50BN5. The third kappa shape index (κ3) is 8.76. The molecule has 6 heteroatoms. The first-order chi connectivity index (χ1) is 40.1. The molecule has 1 aromatic heterocycles. The summed E-state index contributed by atoms with van der Waals surface area (Å²) in [4.78, 5) is 21.1. The van der Waals surface area contributed by atoms with Gasteiger partial charge in [0.2, 0.25) is 0 Å². The first-order valence-corrected chi connectivity index (χ1v) is 27.6. The Hall–Kier alpha value is -10.7. The molecule has 0 unspecified atom stereocenters. The molecule has 15 rings (SSSR count). The average Bonchev–Trinajstić information content (AvgIpc) is 3.74. The van der Waals surface area contributed by atoms with Crippen molar-refractivity contribution in [2.45, 2.75) is 0 Å². The first-order valence-electron chi connectivity index (χ1n) is 27.6. The summed E-state index contributed by atoms with van der Waals surface area (Å²) in [6.45, 7) is -0.169. The number of nitrogens with zero attached hydrogens (tertiary/aromatic N) is 5. The van der Waals surface area contributed by atoms with Gasteiger partial charge in [-0.2, -0.15) is 0 Å². The standard InChI is InChI=1S/C75H50BN5/c1-7-19-51(20-8-1)56-31-33-60(34-32-56)74-77-73(59-29-17-6-18-30-59)78-75(79-74)63-49-70-72-71(50-63)81(65-43-37-58(38-44-65)53-23-11-3-12-24-53)69-46-40-62(55-27-15-5-16-28-55)48-67(69)76(72)66-47-61(54-25-13-4-14-26-54)39-45-68(66)80(70)64-41-35-57(36-42-64)52-21-9-2-10-22-52/h1-50H. The van der Waals surface area contributed by atoms with Crippen LogP contribution in [0, 0.1) is 0 Å². The lowest BCUT2D eigenvalue weighted by atomic mass is 9.33. The molecule has 0 N–H and O–H groups in total. The van der Waals surface area contributed by atoms with Crippen LogP contribution < -0.4 is 26.2 Å². The van der Waals surface area contributed by atoms with Crippen LogP contribution in [-0.2, 0) is 0 Å². The number of anilines is 6. The molecule has 0 saturated heterocycles. The highest BCUT2D eigenvalue weighted by molar-refractivity contribution is 7.00. The number of hydrogen-bond donors (Lipinski definition) is 0. The van der Waals surface area contributed by atoms with Crippen molar-refractivity contribution in [3.8, 4) is 89.8 Å². The molecule has 0 aliphatic carbocycles. The summed E-state index contributed by atoms with van der Waals surface area (Å²) in [5, 5.41) is 0. The Labute approximate surface area is 472 Å². The number of benzene rings is 12. The van der Waals surface area contributed by atoms with Gasteiger partial charge in [-0.05, 0) is 121 Å². The minimum absolute atomic E-state index is 0.169. The number of hydrogen-bond acceptors (Lipinski definition) is 5. The minimum Gasteiger partial charge on any atom is -0.311 e. The van der Waals surface area contributed by atoms with Crippen LogP contribution in [0.3, 0.4) is 0 Å². The Morgan fingerprint density at radius 3 is 0.827 bits per heavy atom. The average molecular weight is 1030 g/mol. The Balaban J connectivity index is 1.01. The van der Waals surface area contributed by atoms with Crippen LogP contribution in [0.4, 0.5) is 34.1 Å². The smallest absolute Gasteiger partial charge is 0.252 e. The molecule has 0 saturated carbocycles. The molecule has 0 radical (unpaired) electrons. The van der Waals surface area contributed by atoms with Gasteiger partial charge in [0.05, 0.1) is 0 Å². The van der Waals surface area contributed by atoms with E-state index in [0.717, 1.165) is 84.2 Å². The molecule has 5 nitrogen and oxygen atoms in total. The second-order valence-corrected chi connectivity index (χ2v) is 20.8. The zero-order valence-electron chi connectivity index (χ0n) is 44.2. The fourth-order valence-electron chi connectivity index (χ4n) is 12.0. The number of rotatable bonds is 10. The van der Waals surface area contributed by atoms with E-state index in [9.17, 15) is 0 Å². The van der Waals surface area contributed by atoms with Crippen molar-refractivity contribution in [1.82, 2.24) is 15.0 Å². The fourth-order valence-corrected chi connectivity index (χ4v) is 12.0. The van der Waals surface area contributed by atoms with Gasteiger partial charge in [-0.15, -0.1) is 0 Å². The molecule has 0 bridgehead atoms. The van der Waals surface area contributed by atoms with Crippen LogP contribution >= 0.6 is 0 Å². The second kappa shape index (κ2) is 20.3. The quantitative estimate of drug-likeness (QED) is 0.128.